The molecule has 142 valence electrons. The first-order valence-corrected chi connectivity index (χ1v) is 9.39. The first kappa shape index (κ1) is 19.4. The van der Waals surface area contributed by atoms with Gasteiger partial charge < -0.3 is 14.8 Å². The first-order chi connectivity index (χ1) is 13.2. The topological polar surface area (TPSA) is 30.5 Å². The Hall–Kier alpha value is -2.35. The molecule has 3 rings (SSSR count). The second-order valence-corrected chi connectivity index (χ2v) is 6.74. The van der Waals surface area contributed by atoms with Crippen LogP contribution < -0.4 is 10.1 Å². The maximum absolute atomic E-state index is 15.0. The molecule has 1 heterocycles. The lowest BCUT2D eigenvalue weighted by atomic mass is 9.87. The van der Waals surface area contributed by atoms with E-state index < -0.39 is 5.67 Å². The average molecular weight is 367 g/mol. The van der Waals surface area contributed by atoms with E-state index in [2.05, 4.69) is 23.2 Å². The number of rotatable bonds is 6. The summed E-state index contributed by atoms with van der Waals surface area (Å²) >= 11 is 0. The van der Waals surface area contributed by atoms with Crippen LogP contribution in [0.4, 0.5) is 4.39 Å². The van der Waals surface area contributed by atoms with Crippen LogP contribution in [0, 0.1) is 11.8 Å². The maximum Gasteiger partial charge on any atom is 0.140 e. The molecule has 1 saturated heterocycles. The van der Waals surface area contributed by atoms with Gasteiger partial charge in [0.25, 0.3) is 0 Å². The highest BCUT2D eigenvalue weighted by Crippen LogP contribution is 2.36. The molecule has 0 radical (unpaired) electrons. The molecule has 0 saturated carbocycles. The summed E-state index contributed by atoms with van der Waals surface area (Å²) in [5.41, 5.74) is 1.51. The second kappa shape index (κ2) is 9.55. The van der Waals surface area contributed by atoms with E-state index in [1.807, 2.05) is 42.5 Å². The number of methoxy groups -OCH3 is 1. The Morgan fingerprint density at radius 3 is 2.78 bits per heavy atom. The van der Waals surface area contributed by atoms with Crippen LogP contribution in [-0.4, -0.2) is 33.4 Å². The first-order valence-electron chi connectivity index (χ1n) is 9.39. The van der Waals surface area contributed by atoms with Gasteiger partial charge in [0.15, 0.2) is 0 Å². The number of hydrogen-bond acceptors (Lipinski definition) is 3. The van der Waals surface area contributed by atoms with Crippen LogP contribution in [0.25, 0.3) is 0 Å². The largest absolute Gasteiger partial charge is 0.497 e. The number of alkyl halides is 1. The van der Waals surface area contributed by atoms with Crippen LogP contribution in [0.3, 0.4) is 0 Å². The van der Waals surface area contributed by atoms with Crippen molar-refractivity contribution in [1.82, 2.24) is 5.32 Å². The van der Waals surface area contributed by atoms with Gasteiger partial charge in [0.2, 0.25) is 0 Å². The molecule has 0 amide bonds. The van der Waals surface area contributed by atoms with Crippen molar-refractivity contribution in [1.29, 1.82) is 0 Å². The van der Waals surface area contributed by atoms with Crippen LogP contribution in [-0.2, 0) is 16.8 Å². The highest BCUT2D eigenvalue weighted by molar-refractivity contribution is 5.39. The van der Waals surface area contributed by atoms with Gasteiger partial charge in [-0.25, -0.2) is 4.39 Å². The third kappa shape index (κ3) is 5.56. The van der Waals surface area contributed by atoms with Crippen molar-refractivity contribution in [2.75, 3.05) is 33.4 Å². The van der Waals surface area contributed by atoms with Gasteiger partial charge in [-0.2, -0.15) is 0 Å². The monoisotopic (exact) mass is 367 g/mol. The average Bonchev–Trinajstić information content (AvgIpc) is 2.71. The van der Waals surface area contributed by atoms with Crippen molar-refractivity contribution >= 4 is 0 Å². The molecule has 0 aromatic heterocycles. The SMILES string of the molecule is COc1cccc(CCNCC#Cc2cccc(C3(F)CCOCC3)c2)c1. The summed E-state index contributed by atoms with van der Waals surface area (Å²) in [6, 6.07) is 15.6. The van der Waals surface area contributed by atoms with Crippen LogP contribution in [0.15, 0.2) is 48.5 Å². The molecule has 2 aromatic carbocycles. The number of nitrogens with one attached hydrogen (secondary N) is 1. The van der Waals surface area contributed by atoms with Crippen molar-refractivity contribution in [3.63, 3.8) is 0 Å². The minimum atomic E-state index is -1.29. The summed E-state index contributed by atoms with van der Waals surface area (Å²) < 4.78 is 25.6. The highest BCUT2D eigenvalue weighted by atomic mass is 19.1. The molecule has 27 heavy (non-hydrogen) atoms. The fourth-order valence-corrected chi connectivity index (χ4v) is 3.22. The molecule has 1 fully saturated rings. The summed E-state index contributed by atoms with van der Waals surface area (Å²) in [7, 11) is 1.68. The number of halogens is 1. The minimum absolute atomic E-state index is 0.412. The Morgan fingerprint density at radius 1 is 1.15 bits per heavy atom. The summed E-state index contributed by atoms with van der Waals surface area (Å²) in [6.45, 7) is 2.39. The molecule has 1 aliphatic rings. The van der Waals surface area contributed by atoms with E-state index in [1.165, 1.54) is 5.56 Å². The van der Waals surface area contributed by atoms with Gasteiger partial charge in [-0.05, 0) is 41.8 Å². The number of ether oxygens (including phenoxy) is 2. The molecule has 0 aliphatic carbocycles. The molecule has 0 bridgehead atoms. The van der Waals surface area contributed by atoms with E-state index in [9.17, 15) is 0 Å². The predicted molar refractivity (Wildman–Crippen MR) is 106 cm³/mol. The standard InChI is InChI=1S/C23H26FNO2/c1-26-22-9-3-6-20(18-22)10-14-25-13-4-7-19-5-2-8-21(17-19)23(24)11-15-27-16-12-23/h2-3,5-6,8-9,17-18,25H,10-16H2,1H3. The molecular formula is C23H26FNO2. The van der Waals surface area contributed by atoms with Crippen LogP contribution >= 0.6 is 0 Å². The van der Waals surface area contributed by atoms with E-state index >= 15 is 4.39 Å². The molecule has 3 nitrogen and oxygen atoms in total. The zero-order valence-corrected chi connectivity index (χ0v) is 15.8. The predicted octanol–water partition coefficient (Wildman–Crippen LogP) is 3.85. The zero-order valence-electron chi connectivity index (χ0n) is 15.8. The summed E-state index contributed by atoms with van der Waals surface area (Å²) in [6.07, 6.45) is 1.74. The van der Waals surface area contributed by atoms with Crippen molar-refractivity contribution in [2.24, 2.45) is 0 Å². The van der Waals surface area contributed by atoms with Gasteiger partial charge in [-0.3, -0.25) is 0 Å². The van der Waals surface area contributed by atoms with Crippen molar-refractivity contribution in [3.05, 3.63) is 65.2 Å². The van der Waals surface area contributed by atoms with E-state index in [4.69, 9.17) is 9.47 Å². The normalized spacial score (nSPS) is 15.6. The molecule has 0 atom stereocenters. The minimum Gasteiger partial charge on any atom is -0.497 e. The smallest absolute Gasteiger partial charge is 0.140 e. The Bertz CT molecular complexity index is 803. The molecule has 0 unspecified atom stereocenters. The lowest BCUT2D eigenvalue weighted by Gasteiger charge is -2.30. The fourth-order valence-electron chi connectivity index (χ4n) is 3.22. The molecule has 0 spiro atoms. The number of hydrogen-bond donors (Lipinski definition) is 1. The zero-order chi connectivity index (χ0) is 19.0. The lowest BCUT2D eigenvalue weighted by Crippen LogP contribution is -2.29. The molecule has 1 aliphatic heterocycles. The fraction of sp³-hybridized carbons (Fsp3) is 0.391. The van der Waals surface area contributed by atoms with Crippen LogP contribution in [0.2, 0.25) is 0 Å². The molecular weight excluding hydrogens is 341 g/mol. The Kier molecular flexibility index (Phi) is 6.86. The Balaban J connectivity index is 1.49. The number of benzene rings is 2. The summed E-state index contributed by atoms with van der Waals surface area (Å²) in [4.78, 5) is 0. The quantitative estimate of drug-likeness (QED) is 0.621. The van der Waals surface area contributed by atoms with Crippen molar-refractivity contribution < 1.29 is 13.9 Å². The summed E-state index contributed by atoms with van der Waals surface area (Å²) in [5, 5.41) is 3.32. The molecule has 1 N–H and O–H groups in total. The van der Waals surface area contributed by atoms with Gasteiger partial charge in [0, 0.05) is 38.2 Å². The Morgan fingerprint density at radius 2 is 1.96 bits per heavy atom. The van der Waals surface area contributed by atoms with E-state index in [0.29, 0.717) is 38.2 Å². The van der Waals surface area contributed by atoms with E-state index in [-0.39, 0.29) is 0 Å². The van der Waals surface area contributed by atoms with E-state index in [0.717, 1.165) is 24.3 Å². The Labute approximate surface area is 160 Å². The second-order valence-electron chi connectivity index (χ2n) is 6.74. The van der Waals surface area contributed by atoms with Gasteiger partial charge in [0.05, 0.1) is 13.7 Å². The van der Waals surface area contributed by atoms with Crippen molar-refractivity contribution in [3.8, 4) is 17.6 Å². The molecule has 2 aromatic rings. The maximum atomic E-state index is 15.0. The van der Waals surface area contributed by atoms with Crippen LogP contribution in [0.1, 0.15) is 29.5 Å². The van der Waals surface area contributed by atoms with Crippen molar-refractivity contribution in [2.45, 2.75) is 24.9 Å². The van der Waals surface area contributed by atoms with E-state index in [1.54, 1.807) is 7.11 Å². The lowest BCUT2D eigenvalue weighted by molar-refractivity contribution is -0.0115. The highest BCUT2D eigenvalue weighted by Gasteiger charge is 2.34. The third-order valence-corrected chi connectivity index (χ3v) is 4.84. The summed E-state index contributed by atoms with van der Waals surface area (Å²) in [5.74, 6) is 7.13. The van der Waals surface area contributed by atoms with Gasteiger partial charge in [-0.15, -0.1) is 0 Å². The molecule has 4 heteroatoms. The van der Waals surface area contributed by atoms with Crippen LogP contribution in [0.5, 0.6) is 5.75 Å². The van der Waals surface area contributed by atoms with Gasteiger partial charge in [0.1, 0.15) is 11.4 Å². The van der Waals surface area contributed by atoms with Gasteiger partial charge in [-0.1, -0.05) is 36.1 Å². The van der Waals surface area contributed by atoms with Gasteiger partial charge >= 0.3 is 0 Å². The third-order valence-electron chi connectivity index (χ3n) is 4.84.